The molecule has 4 rings (SSSR count). The van der Waals surface area contributed by atoms with Crippen LogP contribution in [0.3, 0.4) is 0 Å². The van der Waals surface area contributed by atoms with Crippen LogP contribution in [0.1, 0.15) is 34.6 Å². The molecule has 1 fully saturated rings. The molecule has 1 saturated heterocycles. The normalized spacial score (nSPS) is 16.5. The van der Waals surface area contributed by atoms with E-state index in [0.29, 0.717) is 18.8 Å². The lowest BCUT2D eigenvalue weighted by Gasteiger charge is -2.36. The number of furan rings is 1. The number of fused-ring (bicyclic) bond motifs is 1. The van der Waals surface area contributed by atoms with Crippen LogP contribution in [-0.4, -0.2) is 60.0 Å². The fraction of sp³-hybridized carbons (Fsp3) is 0.526. The van der Waals surface area contributed by atoms with Gasteiger partial charge in [-0.15, -0.1) is 24.8 Å². The van der Waals surface area contributed by atoms with Crippen LogP contribution >= 0.6 is 24.8 Å². The van der Waals surface area contributed by atoms with E-state index in [1.165, 1.54) is 11.3 Å². The third-order valence-electron chi connectivity index (χ3n) is 5.12. The lowest BCUT2D eigenvalue weighted by Crippen LogP contribution is -2.49. The Morgan fingerprint density at radius 1 is 1.14 bits per heavy atom. The van der Waals surface area contributed by atoms with Crippen LogP contribution in [0, 0.1) is 0 Å². The summed E-state index contributed by atoms with van der Waals surface area (Å²) in [5, 5.41) is 3.45. The van der Waals surface area contributed by atoms with Gasteiger partial charge in [0.2, 0.25) is 0 Å². The van der Waals surface area contributed by atoms with Gasteiger partial charge in [0.1, 0.15) is 11.6 Å². The maximum absolute atomic E-state index is 12.5. The fourth-order valence-corrected chi connectivity index (χ4v) is 3.67. The van der Waals surface area contributed by atoms with Crippen molar-refractivity contribution < 1.29 is 9.21 Å². The maximum Gasteiger partial charge on any atom is 0.289 e. The number of amides is 1. The largest absolute Gasteiger partial charge is 0.459 e. The Labute approximate surface area is 177 Å². The van der Waals surface area contributed by atoms with E-state index in [2.05, 4.69) is 17.1 Å². The van der Waals surface area contributed by atoms with Gasteiger partial charge in [-0.25, -0.2) is 9.97 Å². The zero-order valence-corrected chi connectivity index (χ0v) is 17.7. The average molecular weight is 428 g/mol. The summed E-state index contributed by atoms with van der Waals surface area (Å²) >= 11 is 0. The van der Waals surface area contributed by atoms with Gasteiger partial charge >= 0.3 is 0 Å². The van der Waals surface area contributed by atoms with Crippen LogP contribution in [0.25, 0.3) is 0 Å². The van der Waals surface area contributed by atoms with Crippen LogP contribution < -0.4 is 10.2 Å². The Morgan fingerprint density at radius 3 is 2.57 bits per heavy atom. The molecule has 0 saturated carbocycles. The quantitative estimate of drug-likeness (QED) is 0.808. The van der Waals surface area contributed by atoms with Crippen molar-refractivity contribution in [3.8, 4) is 0 Å². The number of anilines is 1. The molecule has 4 heterocycles. The number of nitrogens with one attached hydrogen (secondary N) is 1. The van der Waals surface area contributed by atoms with Gasteiger partial charge in [0.05, 0.1) is 12.0 Å². The molecule has 0 unspecified atom stereocenters. The van der Waals surface area contributed by atoms with E-state index in [1.54, 1.807) is 18.4 Å². The lowest BCUT2D eigenvalue weighted by atomic mass is 10.1. The number of aryl methyl sites for hydroxylation is 1. The molecule has 7 nitrogen and oxygen atoms in total. The first-order valence-corrected chi connectivity index (χ1v) is 9.43. The number of carbonyl (C=O) groups excluding carboxylic acids is 1. The minimum Gasteiger partial charge on any atom is -0.459 e. The molecule has 2 aromatic heterocycles. The smallest absolute Gasteiger partial charge is 0.289 e. The molecule has 0 aliphatic carbocycles. The summed E-state index contributed by atoms with van der Waals surface area (Å²) in [4.78, 5) is 26.3. The van der Waals surface area contributed by atoms with E-state index >= 15 is 0 Å². The van der Waals surface area contributed by atoms with Crippen LogP contribution in [0.15, 0.2) is 22.8 Å². The highest BCUT2D eigenvalue weighted by Crippen LogP contribution is 2.25. The van der Waals surface area contributed by atoms with Crippen molar-refractivity contribution in [2.45, 2.75) is 26.2 Å². The summed E-state index contributed by atoms with van der Waals surface area (Å²) in [6.45, 7) is 6.96. The number of rotatable bonds is 3. The Bertz CT molecular complexity index is 777. The van der Waals surface area contributed by atoms with Crippen molar-refractivity contribution in [2.24, 2.45) is 0 Å². The molecule has 0 spiro atoms. The first kappa shape index (κ1) is 22.5. The number of aromatic nitrogens is 2. The van der Waals surface area contributed by atoms with Gasteiger partial charge in [-0.2, -0.15) is 0 Å². The Kier molecular flexibility index (Phi) is 8.10. The van der Waals surface area contributed by atoms with Crippen molar-refractivity contribution in [3.05, 3.63) is 41.2 Å². The summed E-state index contributed by atoms with van der Waals surface area (Å²) in [6.07, 6.45) is 4.29. The zero-order valence-electron chi connectivity index (χ0n) is 16.0. The second kappa shape index (κ2) is 10.1. The number of halogens is 2. The third kappa shape index (κ3) is 4.59. The van der Waals surface area contributed by atoms with Crippen molar-refractivity contribution in [1.29, 1.82) is 0 Å². The standard InChI is InChI=1S/C19H25N5O2.2ClH/c1-2-17-21-15-6-8-20-7-5-14(15)18(22-17)23-9-11-24(12-10-23)19(25)16-4-3-13-26-16;;/h3-4,13,20H,2,5-12H2,1H3;2*1H. The van der Waals surface area contributed by atoms with Gasteiger partial charge < -0.3 is 19.5 Å². The molecular formula is C19H27Cl2N5O2. The number of nitrogens with zero attached hydrogens (tertiary/aromatic N) is 4. The summed E-state index contributed by atoms with van der Waals surface area (Å²) in [6, 6.07) is 3.47. The molecule has 0 atom stereocenters. The van der Waals surface area contributed by atoms with E-state index in [9.17, 15) is 4.79 Å². The second-order valence-corrected chi connectivity index (χ2v) is 6.75. The Balaban J connectivity index is 0.00000140. The average Bonchev–Trinajstić information content (AvgIpc) is 3.12. The zero-order chi connectivity index (χ0) is 17.9. The molecule has 0 aromatic carbocycles. The number of carbonyl (C=O) groups is 1. The maximum atomic E-state index is 12.5. The molecule has 2 aliphatic rings. The van der Waals surface area contributed by atoms with Gasteiger partial charge in [-0.05, 0) is 25.1 Å². The van der Waals surface area contributed by atoms with Gasteiger partial charge in [-0.1, -0.05) is 6.92 Å². The van der Waals surface area contributed by atoms with Crippen LogP contribution in [0.2, 0.25) is 0 Å². The van der Waals surface area contributed by atoms with Crippen LogP contribution in [0.5, 0.6) is 0 Å². The predicted octanol–water partition coefficient (Wildman–Crippen LogP) is 2.13. The molecule has 1 N–H and O–H groups in total. The number of hydrogen-bond donors (Lipinski definition) is 1. The minimum atomic E-state index is -0.0328. The van der Waals surface area contributed by atoms with Crippen molar-refractivity contribution in [2.75, 3.05) is 44.2 Å². The van der Waals surface area contributed by atoms with Crippen LogP contribution in [-0.2, 0) is 19.3 Å². The van der Waals surface area contributed by atoms with Gasteiger partial charge in [-0.3, -0.25) is 4.79 Å². The number of hydrogen-bond acceptors (Lipinski definition) is 6. The fourth-order valence-electron chi connectivity index (χ4n) is 3.67. The highest BCUT2D eigenvalue weighted by molar-refractivity contribution is 5.91. The molecule has 9 heteroatoms. The van der Waals surface area contributed by atoms with E-state index in [4.69, 9.17) is 14.4 Å². The third-order valence-corrected chi connectivity index (χ3v) is 5.12. The first-order chi connectivity index (χ1) is 12.8. The minimum absolute atomic E-state index is 0. The highest BCUT2D eigenvalue weighted by Gasteiger charge is 2.27. The van der Waals surface area contributed by atoms with Gasteiger partial charge in [0.25, 0.3) is 5.91 Å². The summed E-state index contributed by atoms with van der Waals surface area (Å²) in [5.41, 5.74) is 2.46. The molecule has 0 radical (unpaired) electrons. The van der Waals surface area contributed by atoms with Crippen molar-refractivity contribution in [1.82, 2.24) is 20.2 Å². The molecule has 28 heavy (non-hydrogen) atoms. The molecule has 2 aliphatic heterocycles. The second-order valence-electron chi connectivity index (χ2n) is 6.75. The Hall–Kier alpha value is -1.83. The van der Waals surface area contributed by atoms with E-state index in [-0.39, 0.29) is 30.7 Å². The highest BCUT2D eigenvalue weighted by atomic mass is 35.5. The molecule has 0 bridgehead atoms. The molecule has 1 amide bonds. The van der Waals surface area contributed by atoms with Crippen molar-refractivity contribution >= 4 is 36.5 Å². The number of piperazine rings is 1. The molecule has 154 valence electrons. The summed E-state index contributed by atoms with van der Waals surface area (Å²) in [7, 11) is 0. The summed E-state index contributed by atoms with van der Waals surface area (Å²) in [5.74, 6) is 2.36. The first-order valence-electron chi connectivity index (χ1n) is 9.43. The summed E-state index contributed by atoms with van der Waals surface area (Å²) < 4.78 is 5.25. The van der Waals surface area contributed by atoms with E-state index in [0.717, 1.165) is 57.1 Å². The van der Waals surface area contributed by atoms with E-state index in [1.807, 2.05) is 4.90 Å². The lowest BCUT2D eigenvalue weighted by molar-refractivity contribution is 0.0714. The monoisotopic (exact) mass is 427 g/mol. The topological polar surface area (TPSA) is 74.5 Å². The predicted molar refractivity (Wildman–Crippen MR) is 113 cm³/mol. The SMILES string of the molecule is CCc1nc2c(c(N3CCN(C(=O)c4ccco4)CC3)n1)CCNCC2.Cl.Cl. The van der Waals surface area contributed by atoms with Crippen molar-refractivity contribution in [3.63, 3.8) is 0 Å². The van der Waals surface area contributed by atoms with Gasteiger partial charge in [0, 0.05) is 51.1 Å². The van der Waals surface area contributed by atoms with Gasteiger partial charge in [0.15, 0.2) is 5.76 Å². The van der Waals surface area contributed by atoms with Crippen LogP contribution in [0.4, 0.5) is 5.82 Å². The molecular weight excluding hydrogens is 401 g/mol. The molecule has 2 aromatic rings. The Morgan fingerprint density at radius 2 is 1.89 bits per heavy atom. The van der Waals surface area contributed by atoms with E-state index < -0.39 is 0 Å².